The molecule has 1 aromatic rings. The average molecular weight is 293 g/mol. The van der Waals surface area contributed by atoms with E-state index in [1.54, 1.807) is 14.1 Å². The van der Waals surface area contributed by atoms with Crippen molar-refractivity contribution in [2.24, 2.45) is 0 Å². The molecular weight excluding hydrogens is 276 g/mol. The van der Waals surface area contributed by atoms with Crippen molar-refractivity contribution >= 4 is 27.4 Å². The van der Waals surface area contributed by atoms with Crippen LogP contribution in [0.2, 0.25) is 5.02 Å². The SMILES string of the molecule is CCCNc1ncc(S(=O)(=O)NN(C)C)cc1Cl. The van der Waals surface area contributed by atoms with E-state index in [2.05, 4.69) is 15.1 Å². The molecule has 0 radical (unpaired) electrons. The molecular formula is C10H17ClN4O2S. The minimum Gasteiger partial charge on any atom is -0.369 e. The summed E-state index contributed by atoms with van der Waals surface area (Å²) in [5.41, 5.74) is 0. The number of nitrogens with zero attached hydrogens (tertiary/aromatic N) is 2. The van der Waals surface area contributed by atoms with Crippen LogP contribution >= 0.6 is 11.6 Å². The first-order chi connectivity index (χ1) is 8.36. The fourth-order valence-electron chi connectivity index (χ4n) is 1.23. The molecule has 0 saturated heterocycles. The van der Waals surface area contributed by atoms with Gasteiger partial charge in [0, 0.05) is 26.8 Å². The Bertz CT molecular complexity index is 505. The molecule has 2 N–H and O–H groups in total. The predicted molar refractivity (Wildman–Crippen MR) is 72.0 cm³/mol. The van der Waals surface area contributed by atoms with E-state index in [1.807, 2.05) is 6.92 Å². The Labute approximate surface area is 112 Å². The highest BCUT2D eigenvalue weighted by molar-refractivity contribution is 7.89. The van der Waals surface area contributed by atoms with Crippen LogP contribution in [-0.2, 0) is 10.0 Å². The van der Waals surface area contributed by atoms with Crippen molar-refractivity contribution < 1.29 is 8.42 Å². The standard InChI is InChI=1S/C10H17ClN4O2S/c1-4-5-12-10-9(11)6-8(7-13-10)18(16,17)14-15(2)3/h6-7,14H,4-5H2,1-3H3,(H,12,13). The summed E-state index contributed by atoms with van der Waals surface area (Å²) in [4.78, 5) is 6.35. The number of pyridine rings is 1. The number of nitrogens with one attached hydrogen (secondary N) is 2. The van der Waals surface area contributed by atoms with Crippen LogP contribution in [0.15, 0.2) is 17.2 Å². The van der Waals surface area contributed by atoms with E-state index in [-0.39, 0.29) is 9.92 Å². The van der Waals surface area contributed by atoms with Crippen LogP contribution in [0.4, 0.5) is 5.82 Å². The van der Waals surface area contributed by atoms with Crippen LogP contribution in [0.3, 0.4) is 0 Å². The van der Waals surface area contributed by atoms with Crippen LogP contribution < -0.4 is 10.1 Å². The van der Waals surface area contributed by atoms with Crippen molar-refractivity contribution in [3.05, 3.63) is 17.3 Å². The molecule has 8 heteroatoms. The Morgan fingerprint density at radius 1 is 1.44 bits per heavy atom. The third-order valence-corrected chi connectivity index (χ3v) is 3.71. The molecule has 6 nitrogen and oxygen atoms in total. The first kappa shape index (κ1) is 15.2. The summed E-state index contributed by atoms with van der Waals surface area (Å²) in [6.45, 7) is 2.75. The van der Waals surface area contributed by atoms with Gasteiger partial charge in [0.25, 0.3) is 10.0 Å². The number of sulfonamides is 1. The monoisotopic (exact) mass is 292 g/mol. The molecule has 18 heavy (non-hydrogen) atoms. The Hall–Kier alpha value is -0.890. The summed E-state index contributed by atoms with van der Waals surface area (Å²) in [7, 11) is -0.444. The van der Waals surface area contributed by atoms with Gasteiger partial charge in [0.15, 0.2) is 0 Å². The van der Waals surface area contributed by atoms with Gasteiger partial charge in [-0.05, 0) is 12.5 Å². The topological polar surface area (TPSA) is 74.3 Å². The number of hydrazine groups is 1. The lowest BCUT2D eigenvalue weighted by Crippen LogP contribution is -2.36. The quantitative estimate of drug-likeness (QED) is 0.774. The van der Waals surface area contributed by atoms with Gasteiger partial charge in [-0.3, -0.25) is 0 Å². The van der Waals surface area contributed by atoms with E-state index in [4.69, 9.17) is 11.6 Å². The van der Waals surface area contributed by atoms with Crippen LogP contribution in [0.5, 0.6) is 0 Å². The van der Waals surface area contributed by atoms with Crippen LogP contribution in [0.1, 0.15) is 13.3 Å². The first-order valence-electron chi connectivity index (χ1n) is 5.46. The van der Waals surface area contributed by atoms with Crippen LogP contribution in [0.25, 0.3) is 0 Å². The maximum Gasteiger partial charge on any atom is 0.255 e. The van der Waals surface area contributed by atoms with E-state index in [9.17, 15) is 8.42 Å². The van der Waals surface area contributed by atoms with Gasteiger partial charge in [0.1, 0.15) is 10.7 Å². The van der Waals surface area contributed by atoms with Gasteiger partial charge in [-0.15, -0.1) is 4.83 Å². The Morgan fingerprint density at radius 2 is 2.11 bits per heavy atom. The molecule has 0 fully saturated rings. The molecule has 1 aromatic heterocycles. The minimum absolute atomic E-state index is 0.0308. The summed E-state index contributed by atoms with van der Waals surface area (Å²) in [6.07, 6.45) is 2.20. The van der Waals surface area contributed by atoms with E-state index in [0.717, 1.165) is 13.0 Å². The number of hydrogen-bond donors (Lipinski definition) is 2. The van der Waals surface area contributed by atoms with Crippen molar-refractivity contribution in [2.75, 3.05) is 26.0 Å². The van der Waals surface area contributed by atoms with Crippen molar-refractivity contribution in [3.8, 4) is 0 Å². The zero-order chi connectivity index (χ0) is 13.8. The summed E-state index contributed by atoms with van der Waals surface area (Å²) in [5.74, 6) is 0.488. The van der Waals surface area contributed by atoms with Crippen molar-refractivity contribution in [1.29, 1.82) is 0 Å². The van der Waals surface area contributed by atoms with Gasteiger partial charge < -0.3 is 5.32 Å². The van der Waals surface area contributed by atoms with Gasteiger partial charge in [0.2, 0.25) is 0 Å². The third-order valence-electron chi connectivity index (χ3n) is 1.97. The molecule has 0 spiro atoms. The highest BCUT2D eigenvalue weighted by Gasteiger charge is 2.17. The van der Waals surface area contributed by atoms with Gasteiger partial charge in [-0.1, -0.05) is 18.5 Å². The zero-order valence-electron chi connectivity index (χ0n) is 10.6. The maximum absolute atomic E-state index is 11.8. The molecule has 0 aromatic carbocycles. The van der Waals surface area contributed by atoms with Gasteiger partial charge in [0.05, 0.1) is 5.02 Å². The fraction of sp³-hybridized carbons (Fsp3) is 0.500. The number of anilines is 1. The molecule has 0 amide bonds. The summed E-state index contributed by atoms with van der Waals surface area (Å²) in [6, 6.07) is 1.37. The minimum atomic E-state index is -3.62. The lowest BCUT2D eigenvalue weighted by atomic mass is 10.4. The van der Waals surface area contributed by atoms with Crippen molar-refractivity contribution in [3.63, 3.8) is 0 Å². The molecule has 0 saturated carbocycles. The molecule has 0 aliphatic rings. The molecule has 0 unspecified atom stereocenters. The molecule has 0 aliphatic carbocycles. The molecule has 0 bridgehead atoms. The second-order valence-electron chi connectivity index (χ2n) is 3.92. The van der Waals surface area contributed by atoms with Crippen molar-refractivity contribution in [2.45, 2.75) is 18.2 Å². The second-order valence-corrected chi connectivity index (χ2v) is 5.99. The zero-order valence-corrected chi connectivity index (χ0v) is 12.1. The Kier molecular flexibility index (Phi) is 5.33. The van der Waals surface area contributed by atoms with Gasteiger partial charge in [-0.2, -0.15) is 0 Å². The Morgan fingerprint density at radius 3 is 2.61 bits per heavy atom. The fourth-order valence-corrected chi connectivity index (χ4v) is 2.58. The highest BCUT2D eigenvalue weighted by Crippen LogP contribution is 2.22. The normalized spacial score (nSPS) is 11.8. The van der Waals surface area contributed by atoms with E-state index >= 15 is 0 Å². The highest BCUT2D eigenvalue weighted by atomic mass is 35.5. The van der Waals surface area contributed by atoms with E-state index < -0.39 is 10.0 Å². The molecule has 102 valence electrons. The largest absolute Gasteiger partial charge is 0.369 e. The first-order valence-corrected chi connectivity index (χ1v) is 7.32. The van der Waals surface area contributed by atoms with Crippen LogP contribution in [-0.4, -0.2) is 39.1 Å². The third kappa shape index (κ3) is 4.09. The average Bonchev–Trinajstić information content (AvgIpc) is 2.25. The Balaban J connectivity index is 2.97. The number of halogens is 1. The maximum atomic E-state index is 11.8. The second kappa shape index (κ2) is 6.33. The molecule has 0 atom stereocenters. The summed E-state index contributed by atoms with van der Waals surface area (Å²) >= 11 is 5.98. The molecule has 1 rings (SSSR count). The van der Waals surface area contributed by atoms with Crippen LogP contribution in [0, 0.1) is 0 Å². The lowest BCUT2D eigenvalue weighted by molar-refractivity contribution is 0.364. The molecule has 0 aliphatic heterocycles. The van der Waals surface area contributed by atoms with Crippen molar-refractivity contribution in [1.82, 2.24) is 14.8 Å². The summed E-state index contributed by atoms with van der Waals surface area (Å²) < 4.78 is 23.7. The smallest absolute Gasteiger partial charge is 0.255 e. The molecule has 1 heterocycles. The number of aromatic nitrogens is 1. The summed E-state index contributed by atoms with van der Waals surface area (Å²) in [5, 5.41) is 4.64. The lowest BCUT2D eigenvalue weighted by Gasteiger charge is -2.13. The number of hydrogen-bond acceptors (Lipinski definition) is 5. The number of rotatable bonds is 6. The van der Waals surface area contributed by atoms with E-state index in [0.29, 0.717) is 5.82 Å². The van der Waals surface area contributed by atoms with E-state index in [1.165, 1.54) is 17.3 Å². The predicted octanol–water partition coefficient (Wildman–Crippen LogP) is 1.31. The van der Waals surface area contributed by atoms with Gasteiger partial charge in [-0.25, -0.2) is 18.4 Å². The van der Waals surface area contributed by atoms with Gasteiger partial charge >= 0.3 is 0 Å².